The fourth-order valence-corrected chi connectivity index (χ4v) is 3.24. The minimum absolute atomic E-state index is 0.387. The maximum absolute atomic E-state index is 12.7. The Morgan fingerprint density at radius 1 is 0.900 bits per heavy atom. The van der Waals surface area contributed by atoms with Crippen molar-refractivity contribution in [2.45, 2.75) is 20.8 Å². The zero-order chi connectivity index (χ0) is 21.7. The number of amides is 2. The number of carbonyl (C=O) groups excluding carboxylic acids is 2. The highest BCUT2D eigenvalue weighted by molar-refractivity contribution is 6.00. The number of aryl methyl sites for hydroxylation is 1. The second-order valence-electron chi connectivity index (χ2n) is 6.68. The smallest absolute Gasteiger partial charge is 0.271 e. The van der Waals surface area contributed by atoms with E-state index in [4.69, 9.17) is 9.47 Å². The van der Waals surface area contributed by atoms with Gasteiger partial charge in [0.2, 0.25) is 0 Å². The van der Waals surface area contributed by atoms with Crippen molar-refractivity contribution in [3.8, 4) is 17.2 Å². The summed E-state index contributed by atoms with van der Waals surface area (Å²) in [4.78, 5) is 25.0. The molecular formula is C23H25N3O4. The van der Waals surface area contributed by atoms with E-state index in [-0.39, 0.29) is 5.91 Å². The minimum atomic E-state index is -0.407. The van der Waals surface area contributed by atoms with Crippen LogP contribution >= 0.6 is 0 Å². The van der Waals surface area contributed by atoms with E-state index in [9.17, 15) is 9.59 Å². The Morgan fingerprint density at radius 3 is 2.10 bits per heavy atom. The fourth-order valence-electron chi connectivity index (χ4n) is 3.24. The first kappa shape index (κ1) is 21.0. The first-order valence-corrected chi connectivity index (χ1v) is 9.61. The Hall–Kier alpha value is -3.74. The topological polar surface area (TPSA) is 81.6 Å². The summed E-state index contributed by atoms with van der Waals surface area (Å²) in [5.41, 5.74) is 8.43. The van der Waals surface area contributed by atoms with Crippen molar-refractivity contribution in [2.75, 3.05) is 13.7 Å². The molecule has 1 aromatic heterocycles. The molecule has 3 aromatic rings. The number of ether oxygens (including phenoxy) is 2. The number of methoxy groups -OCH3 is 1. The first-order chi connectivity index (χ1) is 14.4. The van der Waals surface area contributed by atoms with E-state index in [1.807, 2.05) is 49.6 Å². The number of nitrogens with zero attached hydrogens (tertiary/aromatic N) is 1. The lowest BCUT2D eigenvalue weighted by Gasteiger charge is -2.11. The number of aromatic nitrogens is 1. The van der Waals surface area contributed by atoms with Gasteiger partial charge in [0, 0.05) is 22.6 Å². The maximum atomic E-state index is 12.7. The van der Waals surface area contributed by atoms with Crippen LogP contribution in [0.1, 0.15) is 39.0 Å². The summed E-state index contributed by atoms with van der Waals surface area (Å²) >= 11 is 0. The average Bonchev–Trinajstić information content (AvgIpc) is 3.06. The molecule has 0 saturated heterocycles. The zero-order valence-corrected chi connectivity index (χ0v) is 17.5. The summed E-state index contributed by atoms with van der Waals surface area (Å²) in [6, 6.07) is 16.1. The number of nitrogens with one attached hydrogen (secondary N) is 2. The van der Waals surface area contributed by atoms with Gasteiger partial charge in [-0.25, -0.2) is 0 Å². The van der Waals surface area contributed by atoms with Crippen LogP contribution in [-0.4, -0.2) is 30.1 Å². The van der Waals surface area contributed by atoms with Gasteiger partial charge >= 0.3 is 0 Å². The van der Waals surface area contributed by atoms with E-state index in [0.717, 1.165) is 22.8 Å². The van der Waals surface area contributed by atoms with Gasteiger partial charge in [-0.1, -0.05) is 0 Å². The molecular weight excluding hydrogens is 382 g/mol. The Bertz CT molecular complexity index is 1040. The summed E-state index contributed by atoms with van der Waals surface area (Å²) in [6.07, 6.45) is 0. The Balaban J connectivity index is 1.70. The van der Waals surface area contributed by atoms with E-state index in [2.05, 4.69) is 10.9 Å². The van der Waals surface area contributed by atoms with Crippen LogP contribution in [0.5, 0.6) is 11.5 Å². The third kappa shape index (κ3) is 4.46. The molecule has 3 rings (SSSR count). The van der Waals surface area contributed by atoms with E-state index in [1.54, 1.807) is 37.4 Å². The molecule has 30 heavy (non-hydrogen) atoms. The standard InChI is InChI=1S/C23H25N3O4/c1-5-30-20-10-6-17(7-11-20)22(27)24-25-23(28)21-14-15(2)26(16(21)3)18-8-12-19(29-4)13-9-18/h6-14H,5H2,1-4H3,(H,24,27)(H,25,28). The SMILES string of the molecule is CCOc1ccc(C(=O)NNC(=O)c2cc(C)n(-c3ccc(OC)cc3)c2C)cc1. The van der Waals surface area contributed by atoms with Gasteiger partial charge in [-0.3, -0.25) is 20.4 Å². The molecule has 2 amide bonds. The molecule has 2 aromatic carbocycles. The Labute approximate surface area is 175 Å². The van der Waals surface area contributed by atoms with Gasteiger partial charge in [0.1, 0.15) is 11.5 Å². The highest BCUT2D eigenvalue weighted by Gasteiger charge is 2.17. The number of carbonyl (C=O) groups is 2. The van der Waals surface area contributed by atoms with E-state index < -0.39 is 5.91 Å². The summed E-state index contributed by atoms with van der Waals surface area (Å²) in [5.74, 6) is 0.651. The van der Waals surface area contributed by atoms with Gasteiger partial charge in [0.25, 0.3) is 11.8 Å². The van der Waals surface area contributed by atoms with Crippen LogP contribution in [0.15, 0.2) is 54.6 Å². The van der Waals surface area contributed by atoms with Crippen LogP contribution in [-0.2, 0) is 0 Å². The molecule has 0 aliphatic carbocycles. The summed E-state index contributed by atoms with van der Waals surface area (Å²) in [7, 11) is 1.62. The van der Waals surface area contributed by atoms with Gasteiger partial charge in [0.15, 0.2) is 0 Å². The second-order valence-corrected chi connectivity index (χ2v) is 6.68. The quantitative estimate of drug-likeness (QED) is 0.612. The summed E-state index contributed by atoms with van der Waals surface area (Å²) in [5, 5.41) is 0. The molecule has 0 atom stereocenters. The Kier molecular flexibility index (Phi) is 6.41. The molecule has 0 aliphatic rings. The second kappa shape index (κ2) is 9.17. The van der Waals surface area contributed by atoms with Gasteiger partial charge in [-0.05, 0) is 75.4 Å². The molecule has 0 unspecified atom stereocenters. The summed E-state index contributed by atoms with van der Waals surface area (Å²) in [6.45, 7) is 6.23. The zero-order valence-electron chi connectivity index (χ0n) is 17.5. The lowest BCUT2D eigenvalue weighted by Crippen LogP contribution is -2.41. The van der Waals surface area contributed by atoms with E-state index in [0.29, 0.717) is 23.5 Å². The summed E-state index contributed by atoms with van der Waals surface area (Å²) < 4.78 is 12.5. The number of benzene rings is 2. The van der Waals surface area contributed by atoms with E-state index >= 15 is 0 Å². The molecule has 0 fully saturated rings. The molecule has 1 heterocycles. The number of hydrogen-bond donors (Lipinski definition) is 2. The van der Waals surface area contributed by atoms with Crippen molar-refractivity contribution < 1.29 is 19.1 Å². The molecule has 0 spiro atoms. The highest BCUT2D eigenvalue weighted by atomic mass is 16.5. The van der Waals surface area contributed by atoms with Gasteiger partial charge in [0.05, 0.1) is 19.3 Å². The normalized spacial score (nSPS) is 10.4. The monoisotopic (exact) mass is 407 g/mol. The van der Waals surface area contributed by atoms with Crippen molar-refractivity contribution >= 4 is 11.8 Å². The molecule has 7 heteroatoms. The first-order valence-electron chi connectivity index (χ1n) is 9.61. The molecule has 0 saturated carbocycles. The Morgan fingerprint density at radius 2 is 1.50 bits per heavy atom. The molecule has 0 aliphatic heterocycles. The van der Waals surface area contributed by atoms with Crippen LogP contribution in [0.3, 0.4) is 0 Å². The predicted octanol–water partition coefficient (Wildman–Crippen LogP) is 3.58. The maximum Gasteiger partial charge on any atom is 0.271 e. The van der Waals surface area contributed by atoms with Crippen molar-refractivity contribution in [3.05, 3.63) is 77.1 Å². The molecule has 0 bridgehead atoms. The van der Waals surface area contributed by atoms with E-state index in [1.165, 1.54) is 0 Å². The van der Waals surface area contributed by atoms with Gasteiger partial charge < -0.3 is 14.0 Å². The third-order valence-corrected chi connectivity index (χ3v) is 4.72. The number of hydrogen-bond acceptors (Lipinski definition) is 4. The predicted molar refractivity (Wildman–Crippen MR) is 114 cm³/mol. The number of hydrazine groups is 1. The molecule has 7 nitrogen and oxygen atoms in total. The van der Waals surface area contributed by atoms with Crippen LogP contribution in [0.4, 0.5) is 0 Å². The van der Waals surface area contributed by atoms with Gasteiger partial charge in [-0.15, -0.1) is 0 Å². The van der Waals surface area contributed by atoms with Crippen molar-refractivity contribution in [3.63, 3.8) is 0 Å². The third-order valence-electron chi connectivity index (χ3n) is 4.72. The van der Waals surface area contributed by atoms with Crippen LogP contribution in [0, 0.1) is 13.8 Å². The average molecular weight is 407 g/mol. The largest absolute Gasteiger partial charge is 0.497 e. The van der Waals surface area contributed by atoms with Crippen molar-refractivity contribution in [1.29, 1.82) is 0 Å². The molecule has 0 radical (unpaired) electrons. The van der Waals surface area contributed by atoms with Crippen LogP contribution in [0.2, 0.25) is 0 Å². The lowest BCUT2D eigenvalue weighted by molar-refractivity contribution is 0.0846. The van der Waals surface area contributed by atoms with Crippen LogP contribution in [0.25, 0.3) is 5.69 Å². The minimum Gasteiger partial charge on any atom is -0.497 e. The molecule has 156 valence electrons. The van der Waals surface area contributed by atoms with Crippen molar-refractivity contribution in [1.82, 2.24) is 15.4 Å². The highest BCUT2D eigenvalue weighted by Crippen LogP contribution is 2.22. The van der Waals surface area contributed by atoms with Gasteiger partial charge in [-0.2, -0.15) is 0 Å². The fraction of sp³-hybridized carbons (Fsp3) is 0.217. The van der Waals surface area contributed by atoms with Crippen molar-refractivity contribution in [2.24, 2.45) is 0 Å². The lowest BCUT2D eigenvalue weighted by atomic mass is 10.2. The number of rotatable bonds is 6. The van der Waals surface area contributed by atoms with Crippen LogP contribution < -0.4 is 20.3 Å². The molecule has 2 N–H and O–H groups in total.